The van der Waals surface area contributed by atoms with E-state index in [0.29, 0.717) is 17.1 Å². The summed E-state index contributed by atoms with van der Waals surface area (Å²) < 4.78 is 25.4. The van der Waals surface area contributed by atoms with Crippen molar-refractivity contribution < 1.29 is 8.42 Å². The second kappa shape index (κ2) is 4.63. The van der Waals surface area contributed by atoms with Gasteiger partial charge in [-0.3, -0.25) is 0 Å². The van der Waals surface area contributed by atoms with Crippen molar-refractivity contribution in [1.82, 2.24) is 4.31 Å². The topological polar surface area (TPSA) is 49.4 Å². The molecule has 4 nitrogen and oxygen atoms in total. The number of sulfonamides is 1. The lowest BCUT2D eigenvalue weighted by Crippen LogP contribution is -2.27. The van der Waals surface area contributed by atoms with Crippen LogP contribution in [0.2, 0.25) is 0 Å². The minimum absolute atomic E-state index is 0.317. The Morgan fingerprint density at radius 3 is 2.47 bits per heavy atom. The fraction of sp³-hybridized carbons (Fsp3) is 0.400. The summed E-state index contributed by atoms with van der Waals surface area (Å²) in [4.78, 5) is 0.317. The standard InChI is InChI=1S/C10H16N2O2S/c1-4-12(3)15(13,14)10-8-6-5-7-9(10)11-2/h5-8,11H,4H2,1-3H3. The van der Waals surface area contributed by atoms with Crippen molar-refractivity contribution in [2.24, 2.45) is 0 Å². The van der Waals surface area contributed by atoms with Crippen LogP contribution in [0.4, 0.5) is 5.69 Å². The number of benzene rings is 1. The maximum absolute atomic E-state index is 12.0. The van der Waals surface area contributed by atoms with Gasteiger partial charge in [0.15, 0.2) is 0 Å². The SMILES string of the molecule is CCN(C)S(=O)(=O)c1ccccc1NC. The van der Waals surface area contributed by atoms with Gasteiger partial charge >= 0.3 is 0 Å². The van der Waals surface area contributed by atoms with Crippen molar-refractivity contribution in [2.45, 2.75) is 11.8 Å². The quantitative estimate of drug-likeness (QED) is 0.846. The highest BCUT2D eigenvalue weighted by Crippen LogP contribution is 2.22. The molecule has 0 fully saturated rings. The number of hydrogen-bond donors (Lipinski definition) is 1. The van der Waals surface area contributed by atoms with E-state index in [1.807, 2.05) is 0 Å². The van der Waals surface area contributed by atoms with Gasteiger partial charge in [0.05, 0.1) is 5.69 Å². The van der Waals surface area contributed by atoms with Gasteiger partial charge in [-0.1, -0.05) is 19.1 Å². The van der Waals surface area contributed by atoms with Crippen LogP contribution in [0.25, 0.3) is 0 Å². The molecule has 0 unspecified atom stereocenters. The molecule has 0 spiro atoms. The number of nitrogens with one attached hydrogen (secondary N) is 1. The first kappa shape index (κ1) is 12.0. The van der Waals surface area contributed by atoms with Gasteiger partial charge in [-0.2, -0.15) is 0 Å². The van der Waals surface area contributed by atoms with E-state index < -0.39 is 10.0 Å². The average Bonchev–Trinajstić information content (AvgIpc) is 2.27. The summed E-state index contributed by atoms with van der Waals surface area (Å²) in [5.74, 6) is 0. The van der Waals surface area contributed by atoms with Crippen molar-refractivity contribution in [2.75, 3.05) is 26.0 Å². The van der Waals surface area contributed by atoms with Crippen LogP contribution in [0.1, 0.15) is 6.92 Å². The van der Waals surface area contributed by atoms with Crippen LogP contribution >= 0.6 is 0 Å². The maximum atomic E-state index is 12.0. The molecule has 0 saturated carbocycles. The molecule has 0 aliphatic heterocycles. The molecule has 1 N–H and O–H groups in total. The average molecular weight is 228 g/mol. The molecule has 0 aliphatic carbocycles. The number of hydrogen-bond acceptors (Lipinski definition) is 3. The zero-order valence-electron chi connectivity index (χ0n) is 9.19. The highest BCUT2D eigenvalue weighted by molar-refractivity contribution is 7.89. The van der Waals surface area contributed by atoms with Gasteiger partial charge in [0.2, 0.25) is 10.0 Å². The number of rotatable bonds is 4. The molecule has 1 aromatic carbocycles. The Kier molecular flexibility index (Phi) is 3.71. The van der Waals surface area contributed by atoms with Crippen molar-refractivity contribution in [1.29, 1.82) is 0 Å². The van der Waals surface area contributed by atoms with E-state index in [-0.39, 0.29) is 0 Å². The molecule has 0 aromatic heterocycles. The van der Waals surface area contributed by atoms with E-state index in [0.717, 1.165) is 0 Å². The second-order valence-corrected chi connectivity index (χ2v) is 5.18. The number of anilines is 1. The van der Waals surface area contributed by atoms with Gasteiger partial charge in [-0.05, 0) is 12.1 Å². The van der Waals surface area contributed by atoms with Crippen LogP contribution in [-0.2, 0) is 10.0 Å². The summed E-state index contributed by atoms with van der Waals surface area (Å²) in [6.45, 7) is 2.26. The molecule has 0 heterocycles. The Morgan fingerprint density at radius 1 is 1.33 bits per heavy atom. The van der Waals surface area contributed by atoms with Gasteiger partial charge < -0.3 is 5.32 Å². The first-order valence-electron chi connectivity index (χ1n) is 4.77. The van der Waals surface area contributed by atoms with Crippen LogP contribution in [0.5, 0.6) is 0 Å². The van der Waals surface area contributed by atoms with Gasteiger partial charge in [0.1, 0.15) is 4.90 Å². The molecule has 0 radical (unpaired) electrons. The van der Waals surface area contributed by atoms with E-state index in [9.17, 15) is 8.42 Å². The molecular formula is C10H16N2O2S. The lowest BCUT2D eigenvalue weighted by atomic mass is 10.3. The fourth-order valence-corrected chi connectivity index (χ4v) is 2.61. The minimum atomic E-state index is -3.36. The number of para-hydroxylation sites is 1. The Morgan fingerprint density at radius 2 is 1.93 bits per heavy atom. The highest BCUT2D eigenvalue weighted by atomic mass is 32.2. The Hall–Kier alpha value is -1.07. The monoisotopic (exact) mass is 228 g/mol. The largest absolute Gasteiger partial charge is 0.387 e. The highest BCUT2D eigenvalue weighted by Gasteiger charge is 2.21. The molecule has 1 rings (SSSR count). The van der Waals surface area contributed by atoms with E-state index in [1.165, 1.54) is 4.31 Å². The zero-order valence-corrected chi connectivity index (χ0v) is 10.0. The lowest BCUT2D eigenvalue weighted by Gasteiger charge is -2.17. The Labute approximate surface area is 91.0 Å². The first-order valence-corrected chi connectivity index (χ1v) is 6.21. The third-order valence-corrected chi connectivity index (χ3v) is 4.28. The van der Waals surface area contributed by atoms with Crippen LogP contribution in [0.15, 0.2) is 29.2 Å². The molecule has 0 atom stereocenters. The number of nitrogens with zero attached hydrogens (tertiary/aromatic N) is 1. The fourth-order valence-electron chi connectivity index (χ4n) is 1.24. The van der Waals surface area contributed by atoms with Crippen molar-refractivity contribution in [3.63, 3.8) is 0 Å². The Bertz CT molecular complexity index is 429. The summed E-state index contributed by atoms with van der Waals surface area (Å²) in [5, 5.41) is 2.87. The zero-order chi connectivity index (χ0) is 11.5. The summed E-state index contributed by atoms with van der Waals surface area (Å²) >= 11 is 0. The lowest BCUT2D eigenvalue weighted by molar-refractivity contribution is 0.486. The summed E-state index contributed by atoms with van der Waals surface area (Å²) in [7, 11) is -0.0811. The van der Waals surface area contributed by atoms with Crippen molar-refractivity contribution in [3.05, 3.63) is 24.3 Å². The van der Waals surface area contributed by atoms with Gasteiger partial charge in [0.25, 0.3) is 0 Å². The Balaban J connectivity index is 3.27. The smallest absolute Gasteiger partial charge is 0.244 e. The molecule has 0 saturated heterocycles. The second-order valence-electron chi connectivity index (χ2n) is 3.17. The molecule has 0 aliphatic rings. The van der Waals surface area contributed by atoms with Crippen LogP contribution in [-0.4, -0.2) is 33.4 Å². The normalized spacial score (nSPS) is 11.7. The predicted octanol–water partition coefficient (Wildman–Crippen LogP) is 1.37. The van der Waals surface area contributed by atoms with Crippen LogP contribution in [0.3, 0.4) is 0 Å². The molecule has 1 aromatic rings. The molecule has 84 valence electrons. The van der Waals surface area contributed by atoms with E-state index in [4.69, 9.17) is 0 Å². The molecule has 0 bridgehead atoms. The molecular weight excluding hydrogens is 212 g/mol. The van der Waals surface area contributed by atoms with Gasteiger partial charge in [-0.15, -0.1) is 0 Å². The van der Waals surface area contributed by atoms with Gasteiger partial charge in [-0.25, -0.2) is 12.7 Å². The predicted molar refractivity (Wildman–Crippen MR) is 61.5 cm³/mol. The molecule has 5 heteroatoms. The van der Waals surface area contributed by atoms with E-state index in [1.54, 1.807) is 45.3 Å². The molecule has 15 heavy (non-hydrogen) atoms. The summed E-state index contributed by atoms with van der Waals surface area (Å²) in [6, 6.07) is 6.87. The van der Waals surface area contributed by atoms with Crippen molar-refractivity contribution in [3.8, 4) is 0 Å². The third kappa shape index (κ3) is 2.30. The van der Waals surface area contributed by atoms with Gasteiger partial charge in [0, 0.05) is 20.6 Å². The maximum Gasteiger partial charge on any atom is 0.244 e. The van der Waals surface area contributed by atoms with Crippen molar-refractivity contribution >= 4 is 15.7 Å². The summed E-state index contributed by atoms with van der Waals surface area (Å²) in [6.07, 6.45) is 0. The third-order valence-electron chi connectivity index (χ3n) is 2.29. The molecule has 0 amide bonds. The first-order chi connectivity index (χ1) is 7.04. The summed E-state index contributed by atoms with van der Waals surface area (Å²) in [5.41, 5.74) is 0.623. The van der Waals surface area contributed by atoms with Crippen LogP contribution < -0.4 is 5.32 Å². The van der Waals surface area contributed by atoms with Crippen LogP contribution in [0, 0.1) is 0 Å². The van der Waals surface area contributed by atoms with E-state index >= 15 is 0 Å². The van der Waals surface area contributed by atoms with E-state index in [2.05, 4.69) is 5.32 Å². The minimum Gasteiger partial charge on any atom is -0.387 e.